The van der Waals surface area contributed by atoms with Gasteiger partial charge in [-0.2, -0.15) is 21.6 Å². The van der Waals surface area contributed by atoms with E-state index < -0.39 is 54.5 Å². The molecule has 2 aromatic rings. The average molecular weight is 487 g/mol. The summed E-state index contributed by atoms with van der Waals surface area (Å²) < 4.78 is 123. The molecule has 3 rings (SSSR count). The zero-order chi connectivity index (χ0) is 23.2. The van der Waals surface area contributed by atoms with E-state index in [0.717, 1.165) is 28.6 Å². The summed E-state index contributed by atoms with van der Waals surface area (Å²) in [7, 11) is -9.98. The van der Waals surface area contributed by atoms with Gasteiger partial charge in [0.05, 0.1) is 11.4 Å². The molecule has 0 aliphatic carbocycles. The van der Waals surface area contributed by atoms with E-state index in [9.17, 15) is 38.8 Å². The van der Waals surface area contributed by atoms with Crippen LogP contribution in [0.4, 0.5) is 27.6 Å². The van der Waals surface area contributed by atoms with Gasteiger partial charge in [-0.1, -0.05) is 0 Å². The van der Waals surface area contributed by atoms with Crippen molar-refractivity contribution in [3.8, 4) is 17.2 Å². The first-order valence-electron chi connectivity index (χ1n) is 8.56. The van der Waals surface area contributed by atoms with Crippen molar-refractivity contribution in [2.24, 2.45) is 0 Å². The summed E-state index contributed by atoms with van der Waals surface area (Å²) in [5, 5.41) is 0. The van der Waals surface area contributed by atoms with Gasteiger partial charge in [-0.3, -0.25) is 4.31 Å². The van der Waals surface area contributed by atoms with Crippen LogP contribution in [-0.4, -0.2) is 34.6 Å². The van der Waals surface area contributed by atoms with Crippen molar-refractivity contribution in [1.29, 1.82) is 0 Å². The van der Waals surface area contributed by atoms with Gasteiger partial charge in [0.2, 0.25) is 10.0 Å². The van der Waals surface area contributed by atoms with Gasteiger partial charge in [-0.05, 0) is 37.1 Å². The molecule has 0 radical (unpaired) electrons. The number of nitrogens with zero attached hydrogens (tertiary/aromatic N) is 1. The molecule has 0 fully saturated rings. The first-order chi connectivity index (χ1) is 14.2. The minimum Gasteiger partial charge on any atom is -0.450 e. The molecule has 31 heavy (non-hydrogen) atoms. The molecule has 1 aliphatic heterocycles. The predicted octanol–water partition coefficient (Wildman–Crippen LogP) is 3.70. The van der Waals surface area contributed by atoms with Crippen LogP contribution in [0.5, 0.6) is 17.2 Å². The van der Waals surface area contributed by atoms with Crippen molar-refractivity contribution in [1.82, 2.24) is 0 Å². The van der Waals surface area contributed by atoms with E-state index in [1.807, 2.05) is 0 Å². The molecular formula is C17H14F5NO6S2. The van der Waals surface area contributed by atoms with E-state index in [4.69, 9.17) is 4.74 Å². The zero-order valence-corrected chi connectivity index (χ0v) is 17.2. The fourth-order valence-electron chi connectivity index (χ4n) is 2.80. The Balaban J connectivity index is 2.14. The number of fused-ring (bicyclic) bond motifs is 1. The first-order valence-corrected chi connectivity index (χ1v) is 11.6. The Bertz CT molecular complexity index is 1230. The van der Waals surface area contributed by atoms with E-state index in [1.165, 1.54) is 6.92 Å². The van der Waals surface area contributed by atoms with Gasteiger partial charge >= 0.3 is 15.6 Å². The largest absolute Gasteiger partial charge is 0.534 e. The number of benzene rings is 2. The Hall–Kier alpha value is -2.61. The van der Waals surface area contributed by atoms with E-state index >= 15 is 0 Å². The molecule has 0 aromatic heterocycles. The van der Waals surface area contributed by atoms with Crippen LogP contribution < -0.4 is 13.2 Å². The van der Waals surface area contributed by atoms with Crippen LogP contribution in [0.2, 0.25) is 0 Å². The predicted molar refractivity (Wildman–Crippen MR) is 99.0 cm³/mol. The van der Waals surface area contributed by atoms with Crippen LogP contribution in [0.3, 0.4) is 0 Å². The summed E-state index contributed by atoms with van der Waals surface area (Å²) in [6, 6.07) is 3.91. The zero-order valence-electron chi connectivity index (χ0n) is 15.6. The third-order valence-electron chi connectivity index (χ3n) is 4.30. The number of halogens is 5. The second kappa shape index (κ2) is 7.82. The maximum Gasteiger partial charge on any atom is 0.534 e. The van der Waals surface area contributed by atoms with Crippen LogP contribution in [0, 0.1) is 11.6 Å². The monoisotopic (exact) mass is 487 g/mol. The van der Waals surface area contributed by atoms with Crippen molar-refractivity contribution in [2.75, 3.05) is 16.6 Å². The van der Waals surface area contributed by atoms with Crippen molar-refractivity contribution in [3.05, 3.63) is 47.5 Å². The Morgan fingerprint density at radius 2 is 1.68 bits per heavy atom. The second-order valence-electron chi connectivity index (χ2n) is 6.31. The summed E-state index contributed by atoms with van der Waals surface area (Å²) in [6.07, 6.45) is 0.128. The number of ether oxygens (including phenoxy) is 1. The lowest BCUT2D eigenvalue weighted by Crippen LogP contribution is -2.30. The summed E-state index contributed by atoms with van der Waals surface area (Å²) in [5.74, 6) is -4.74. The molecule has 14 heteroatoms. The highest BCUT2D eigenvalue weighted by Crippen LogP contribution is 2.43. The molecule has 1 aliphatic rings. The molecule has 0 spiro atoms. The highest BCUT2D eigenvalue weighted by atomic mass is 32.2. The minimum absolute atomic E-state index is 0.0503. The lowest BCUT2D eigenvalue weighted by atomic mass is 10.1. The van der Waals surface area contributed by atoms with Crippen LogP contribution >= 0.6 is 0 Å². The molecule has 1 heterocycles. The van der Waals surface area contributed by atoms with Gasteiger partial charge < -0.3 is 8.92 Å². The van der Waals surface area contributed by atoms with Crippen molar-refractivity contribution < 1.29 is 47.7 Å². The first kappa shape index (κ1) is 23.1. The highest BCUT2D eigenvalue weighted by molar-refractivity contribution is 7.92. The number of sulfonamides is 1. The lowest BCUT2D eigenvalue weighted by Gasteiger charge is -2.20. The summed E-state index contributed by atoms with van der Waals surface area (Å²) in [4.78, 5) is 0. The van der Waals surface area contributed by atoms with Gasteiger partial charge in [0, 0.05) is 18.7 Å². The molecule has 170 valence electrons. The maximum atomic E-state index is 13.9. The number of hydrogen-bond acceptors (Lipinski definition) is 6. The van der Waals surface area contributed by atoms with Crippen LogP contribution in [0.25, 0.3) is 0 Å². The number of anilines is 1. The summed E-state index contributed by atoms with van der Waals surface area (Å²) in [5.41, 5.74) is -5.60. The molecule has 0 bridgehead atoms. The van der Waals surface area contributed by atoms with Crippen molar-refractivity contribution in [2.45, 2.75) is 18.9 Å². The molecule has 0 atom stereocenters. The van der Waals surface area contributed by atoms with E-state index in [1.54, 1.807) is 0 Å². The Kier molecular flexibility index (Phi) is 5.82. The number of hydrogen-bond donors (Lipinski definition) is 0. The molecule has 0 N–H and O–H groups in total. The molecule has 0 saturated heterocycles. The van der Waals surface area contributed by atoms with E-state index in [-0.39, 0.29) is 30.0 Å². The van der Waals surface area contributed by atoms with E-state index in [0.29, 0.717) is 6.07 Å². The van der Waals surface area contributed by atoms with E-state index in [2.05, 4.69) is 4.18 Å². The van der Waals surface area contributed by atoms with Crippen LogP contribution in [-0.2, 0) is 26.6 Å². The number of alkyl halides is 3. The average Bonchev–Trinajstić information content (AvgIpc) is 3.06. The summed E-state index contributed by atoms with van der Waals surface area (Å²) in [6.45, 7) is 1.30. The lowest BCUT2D eigenvalue weighted by molar-refractivity contribution is -0.0500. The normalized spacial score (nSPS) is 14.5. The molecule has 2 aromatic carbocycles. The standard InChI is InChI=1S/C17H14F5NO6S2/c1-2-30(24,25)23-6-5-10-7-15(28-14-4-3-11(18)8-12(14)19)16(9-13(10)23)29-31(26,27)17(20,21)22/h3-4,7-9H,2,5-6H2,1H3. The Morgan fingerprint density at radius 3 is 2.26 bits per heavy atom. The third-order valence-corrected chi connectivity index (χ3v) is 7.04. The fourth-order valence-corrected chi connectivity index (χ4v) is 4.41. The Morgan fingerprint density at radius 1 is 1.00 bits per heavy atom. The third kappa shape index (κ3) is 4.54. The minimum atomic E-state index is -6.16. The van der Waals surface area contributed by atoms with Gasteiger partial charge in [0.15, 0.2) is 23.1 Å². The molecule has 0 amide bonds. The second-order valence-corrected chi connectivity index (χ2v) is 10.0. The Labute approximate surface area is 174 Å². The quantitative estimate of drug-likeness (QED) is 0.351. The van der Waals surface area contributed by atoms with Crippen molar-refractivity contribution in [3.63, 3.8) is 0 Å². The van der Waals surface area contributed by atoms with Gasteiger partial charge in [-0.15, -0.1) is 0 Å². The van der Waals surface area contributed by atoms with Crippen LogP contribution in [0.15, 0.2) is 30.3 Å². The SMILES string of the molecule is CCS(=O)(=O)N1CCc2cc(Oc3ccc(F)cc3F)c(OS(=O)(=O)C(F)(F)F)cc21. The maximum absolute atomic E-state index is 13.9. The molecular weight excluding hydrogens is 473 g/mol. The van der Waals surface area contributed by atoms with Crippen molar-refractivity contribution >= 4 is 25.8 Å². The summed E-state index contributed by atoms with van der Waals surface area (Å²) >= 11 is 0. The fraction of sp³-hybridized carbons (Fsp3) is 0.294. The van der Waals surface area contributed by atoms with Gasteiger partial charge in [-0.25, -0.2) is 17.2 Å². The topological polar surface area (TPSA) is 90.0 Å². The molecule has 0 saturated carbocycles. The highest BCUT2D eigenvalue weighted by Gasteiger charge is 2.49. The van der Waals surface area contributed by atoms with Gasteiger partial charge in [0.1, 0.15) is 5.82 Å². The molecule has 0 unspecified atom stereocenters. The smallest absolute Gasteiger partial charge is 0.450 e. The molecule has 7 nitrogen and oxygen atoms in total. The van der Waals surface area contributed by atoms with Gasteiger partial charge in [0.25, 0.3) is 0 Å². The van der Waals surface area contributed by atoms with Crippen LogP contribution in [0.1, 0.15) is 12.5 Å². The number of rotatable bonds is 6.